The van der Waals surface area contributed by atoms with Gasteiger partial charge < -0.3 is 10.1 Å². The van der Waals surface area contributed by atoms with Crippen LogP contribution in [0.3, 0.4) is 0 Å². The van der Waals surface area contributed by atoms with Gasteiger partial charge >= 0.3 is 5.97 Å². The molecule has 2 rings (SSSR count). The number of hydrogen-bond donors (Lipinski definition) is 1. The molecule has 28 heavy (non-hydrogen) atoms. The molecule has 0 saturated heterocycles. The third-order valence-corrected chi connectivity index (χ3v) is 5.40. The molecule has 9 heteroatoms. The van der Waals surface area contributed by atoms with Gasteiger partial charge in [0.1, 0.15) is 5.01 Å². The molecule has 0 aliphatic carbocycles. The van der Waals surface area contributed by atoms with Crippen molar-refractivity contribution in [3.63, 3.8) is 0 Å². The van der Waals surface area contributed by atoms with E-state index in [1.807, 2.05) is 31.2 Å². The number of benzene rings is 1. The predicted octanol–water partition coefficient (Wildman–Crippen LogP) is 2.85. The molecule has 0 radical (unpaired) electrons. The van der Waals surface area contributed by atoms with E-state index in [4.69, 9.17) is 4.74 Å². The lowest BCUT2D eigenvalue weighted by molar-refractivity contribution is -0.145. The zero-order chi connectivity index (χ0) is 20.5. The van der Waals surface area contributed by atoms with Gasteiger partial charge in [-0.05, 0) is 31.5 Å². The lowest BCUT2D eigenvalue weighted by Gasteiger charge is -2.07. The molecule has 0 bridgehead atoms. The van der Waals surface area contributed by atoms with E-state index < -0.39 is 24.3 Å². The van der Waals surface area contributed by atoms with Crippen LogP contribution in [0.4, 0.5) is 5.69 Å². The topological polar surface area (TPSA) is 109 Å². The summed E-state index contributed by atoms with van der Waals surface area (Å²) in [6, 6.07) is 9.28. The second-order valence-electron chi connectivity index (χ2n) is 5.93. The number of carbonyl (C=O) groups is 3. The summed E-state index contributed by atoms with van der Waals surface area (Å²) in [4.78, 5) is 39.9. The first-order chi connectivity index (χ1) is 13.4. The Morgan fingerprint density at radius 3 is 2.75 bits per heavy atom. The molecule has 1 aromatic carbocycles. The van der Waals surface area contributed by atoms with Gasteiger partial charge in [-0.3, -0.25) is 14.4 Å². The third-order valence-electron chi connectivity index (χ3n) is 3.47. The smallest absolute Gasteiger partial charge is 0.316 e. The van der Waals surface area contributed by atoms with Crippen molar-refractivity contribution in [1.29, 1.82) is 5.26 Å². The fraction of sp³-hybridized carbons (Fsp3) is 0.316. The minimum atomic E-state index is -1.04. The number of anilines is 1. The minimum absolute atomic E-state index is 0.0674. The van der Waals surface area contributed by atoms with Crippen molar-refractivity contribution >= 4 is 46.4 Å². The van der Waals surface area contributed by atoms with Crippen molar-refractivity contribution in [2.75, 3.05) is 23.4 Å². The molecular weight excluding hydrogens is 398 g/mol. The van der Waals surface area contributed by atoms with Crippen LogP contribution in [-0.2, 0) is 19.1 Å². The Hall–Kier alpha value is -2.70. The summed E-state index contributed by atoms with van der Waals surface area (Å²) < 4.78 is 4.92. The molecule has 1 aromatic heterocycles. The number of Topliss-reactive ketones (excluding diaryl/α,β-unsaturated/α-hetero) is 1. The number of nitrogens with zero attached hydrogens (tertiary/aromatic N) is 2. The zero-order valence-electron chi connectivity index (χ0n) is 15.4. The van der Waals surface area contributed by atoms with Crippen molar-refractivity contribution in [1.82, 2.24) is 4.98 Å². The molecule has 0 unspecified atom stereocenters. The van der Waals surface area contributed by atoms with Crippen LogP contribution in [0.2, 0.25) is 0 Å². The number of nitriles is 1. The van der Waals surface area contributed by atoms with Crippen molar-refractivity contribution in [3.05, 3.63) is 45.9 Å². The van der Waals surface area contributed by atoms with Crippen LogP contribution in [-0.4, -0.2) is 40.8 Å². The molecular formula is C19H19N3O4S2. The van der Waals surface area contributed by atoms with Crippen LogP contribution in [0.15, 0.2) is 29.6 Å². The summed E-state index contributed by atoms with van der Waals surface area (Å²) >= 11 is 2.31. The molecule has 1 N–H and O–H groups in total. The Kier molecular flexibility index (Phi) is 8.17. The molecule has 1 heterocycles. The van der Waals surface area contributed by atoms with Crippen molar-refractivity contribution in [2.45, 2.75) is 19.8 Å². The second kappa shape index (κ2) is 10.6. The van der Waals surface area contributed by atoms with E-state index in [0.717, 1.165) is 23.0 Å². The van der Waals surface area contributed by atoms with E-state index in [2.05, 4.69) is 10.3 Å². The lowest BCUT2D eigenvalue weighted by Crippen LogP contribution is -2.21. The number of thioether (sulfide) groups is 1. The van der Waals surface area contributed by atoms with Gasteiger partial charge in [0, 0.05) is 16.8 Å². The van der Waals surface area contributed by atoms with Crippen LogP contribution in [0.25, 0.3) is 0 Å². The Morgan fingerprint density at radius 1 is 1.32 bits per heavy atom. The van der Waals surface area contributed by atoms with Gasteiger partial charge in [-0.1, -0.05) is 12.1 Å². The predicted molar refractivity (Wildman–Crippen MR) is 108 cm³/mol. The molecule has 0 saturated carbocycles. The maximum Gasteiger partial charge on any atom is 0.316 e. The SMILES string of the molecule is Cc1cccc(NC(=O)CSCC(=O)OCC(=O)[C@H](C#N)c2nc(C)cs2)c1. The highest BCUT2D eigenvalue weighted by molar-refractivity contribution is 8.00. The molecule has 0 spiro atoms. The van der Waals surface area contributed by atoms with E-state index in [1.54, 1.807) is 18.4 Å². The van der Waals surface area contributed by atoms with E-state index in [9.17, 15) is 19.6 Å². The maximum absolute atomic E-state index is 12.1. The van der Waals surface area contributed by atoms with Gasteiger partial charge in [0.05, 0.1) is 17.6 Å². The van der Waals surface area contributed by atoms with Crippen LogP contribution in [0, 0.1) is 25.2 Å². The fourth-order valence-electron chi connectivity index (χ4n) is 2.19. The standard InChI is InChI=1S/C19H19N3O4S2/c1-12-4-3-5-14(6-12)22-17(24)10-27-11-18(25)26-8-16(23)15(7-20)19-21-13(2)9-28-19/h3-6,9,15H,8,10-11H2,1-2H3,(H,22,24)/t15-/m0/s1. The number of amides is 1. The second-order valence-corrected chi connectivity index (χ2v) is 7.80. The molecule has 146 valence electrons. The van der Waals surface area contributed by atoms with Gasteiger partial charge in [-0.2, -0.15) is 5.26 Å². The summed E-state index contributed by atoms with van der Waals surface area (Å²) in [5, 5.41) is 14.1. The Balaban J connectivity index is 1.70. The summed E-state index contributed by atoms with van der Waals surface area (Å²) in [5.74, 6) is -2.40. The number of carbonyl (C=O) groups excluding carboxylic acids is 3. The summed E-state index contributed by atoms with van der Waals surface area (Å²) in [5.41, 5.74) is 2.45. The first kappa shape index (κ1) is 21.6. The maximum atomic E-state index is 12.1. The minimum Gasteiger partial charge on any atom is -0.457 e. The summed E-state index contributed by atoms with van der Waals surface area (Å²) in [6.45, 7) is 3.20. The van der Waals surface area contributed by atoms with Gasteiger partial charge in [-0.25, -0.2) is 4.98 Å². The van der Waals surface area contributed by atoms with Crippen LogP contribution >= 0.6 is 23.1 Å². The quantitative estimate of drug-likeness (QED) is 0.625. The number of thiazole rings is 1. The van der Waals surface area contributed by atoms with Gasteiger partial charge in [0.15, 0.2) is 18.3 Å². The van der Waals surface area contributed by atoms with Crippen LogP contribution < -0.4 is 5.32 Å². The Bertz CT molecular complexity index is 905. The Labute approximate surface area is 171 Å². The molecule has 7 nitrogen and oxygen atoms in total. The van der Waals surface area contributed by atoms with Gasteiger partial charge in [0.25, 0.3) is 0 Å². The molecule has 0 fully saturated rings. The molecule has 0 aliphatic heterocycles. The Morgan fingerprint density at radius 2 is 2.11 bits per heavy atom. The van der Waals surface area contributed by atoms with Gasteiger partial charge in [0.2, 0.25) is 5.91 Å². The van der Waals surface area contributed by atoms with Crippen molar-refractivity contribution in [3.8, 4) is 6.07 Å². The average Bonchev–Trinajstić information content (AvgIpc) is 3.06. The number of rotatable bonds is 9. The normalized spacial score (nSPS) is 11.3. The molecule has 1 amide bonds. The molecule has 2 aromatic rings. The summed E-state index contributed by atoms with van der Waals surface area (Å²) in [6.07, 6.45) is 0. The number of ketones is 1. The van der Waals surface area contributed by atoms with E-state index in [1.165, 1.54) is 11.3 Å². The highest BCUT2D eigenvalue weighted by Gasteiger charge is 2.24. The van der Waals surface area contributed by atoms with Gasteiger partial charge in [-0.15, -0.1) is 23.1 Å². The molecule has 0 aliphatic rings. The van der Waals surface area contributed by atoms with E-state index in [-0.39, 0.29) is 17.4 Å². The zero-order valence-corrected chi connectivity index (χ0v) is 17.1. The van der Waals surface area contributed by atoms with Crippen molar-refractivity contribution < 1.29 is 19.1 Å². The fourth-order valence-corrected chi connectivity index (χ4v) is 3.66. The number of esters is 1. The van der Waals surface area contributed by atoms with E-state index >= 15 is 0 Å². The van der Waals surface area contributed by atoms with Crippen LogP contribution in [0.1, 0.15) is 22.2 Å². The average molecular weight is 418 g/mol. The molecule has 1 atom stereocenters. The van der Waals surface area contributed by atoms with Crippen molar-refractivity contribution in [2.24, 2.45) is 0 Å². The third kappa shape index (κ3) is 6.79. The lowest BCUT2D eigenvalue weighted by atomic mass is 10.1. The highest BCUT2D eigenvalue weighted by Crippen LogP contribution is 2.20. The van der Waals surface area contributed by atoms with E-state index in [0.29, 0.717) is 10.7 Å². The summed E-state index contributed by atoms with van der Waals surface area (Å²) in [7, 11) is 0. The largest absolute Gasteiger partial charge is 0.457 e. The highest BCUT2D eigenvalue weighted by atomic mass is 32.2. The number of aryl methyl sites for hydroxylation is 2. The van der Waals surface area contributed by atoms with Crippen LogP contribution in [0.5, 0.6) is 0 Å². The monoisotopic (exact) mass is 417 g/mol. The number of ether oxygens (including phenoxy) is 1. The first-order valence-corrected chi connectivity index (χ1v) is 10.4. The number of hydrogen-bond acceptors (Lipinski definition) is 8. The number of aromatic nitrogens is 1. The number of nitrogens with one attached hydrogen (secondary N) is 1. The first-order valence-electron chi connectivity index (χ1n) is 8.33.